The van der Waals surface area contributed by atoms with Crippen LogP contribution in [0.25, 0.3) is 6.08 Å². The highest BCUT2D eigenvalue weighted by Gasteiger charge is 2.38. The Labute approximate surface area is 141 Å². The standard InChI is InChI=1S/C18H29NO3Si/c1-4-20-23(21-5-2,22-6-3)17-11-16-19-15-10-14-18-12-8-7-9-13-18/h7-14,16,19H,4-6,15,17H2,1-3H3. The molecule has 1 N–H and O–H groups in total. The summed E-state index contributed by atoms with van der Waals surface area (Å²) >= 11 is 0. The molecular weight excluding hydrogens is 306 g/mol. The van der Waals surface area contributed by atoms with Gasteiger partial charge in [-0.15, -0.1) is 0 Å². The molecule has 23 heavy (non-hydrogen) atoms. The molecule has 4 nitrogen and oxygen atoms in total. The molecule has 0 saturated carbocycles. The van der Waals surface area contributed by atoms with Gasteiger partial charge in [-0.2, -0.15) is 0 Å². The molecule has 0 aromatic heterocycles. The summed E-state index contributed by atoms with van der Waals surface area (Å²) in [5.74, 6) is 0. The summed E-state index contributed by atoms with van der Waals surface area (Å²) in [5, 5.41) is 3.24. The first-order chi connectivity index (χ1) is 11.3. The predicted octanol–water partition coefficient (Wildman–Crippen LogP) is 3.85. The Morgan fingerprint density at radius 2 is 1.52 bits per heavy atom. The highest BCUT2D eigenvalue weighted by Crippen LogP contribution is 2.16. The quantitative estimate of drug-likeness (QED) is 0.465. The molecular formula is C18H29NO3Si. The summed E-state index contributed by atoms with van der Waals surface area (Å²) < 4.78 is 17.4. The Balaban J connectivity index is 2.38. The second kappa shape index (κ2) is 12.1. The van der Waals surface area contributed by atoms with E-state index >= 15 is 0 Å². The third-order valence-electron chi connectivity index (χ3n) is 3.04. The van der Waals surface area contributed by atoms with Gasteiger partial charge in [0.05, 0.1) is 0 Å². The summed E-state index contributed by atoms with van der Waals surface area (Å²) in [6.45, 7) is 8.49. The third kappa shape index (κ3) is 8.13. The van der Waals surface area contributed by atoms with E-state index in [0.29, 0.717) is 25.9 Å². The maximum atomic E-state index is 5.80. The van der Waals surface area contributed by atoms with Gasteiger partial charge < -0.3 is 18.6 Å². The zero-order valence-corrected chi connectivity index (χ0v) is 15.5. The molecule has 0 bridgehead atoms. The van der Waals surface area contributed by atoms with E-state index in [0.717, 1.165) is 6.54 Å². The van der Waals surface area contributed by atoms with Gasteiger partial charge in [0.25, 0.3) is 0 Å². The molecule has 0 saturated heterocycles. The van der Waals surface area contributed by atoms with E-state index in [1.54, 1.807) is 0 Å². The summed E-state index contributed by atoms with van der Waals surface area (Å²) in [6, 6.07) is 10.9. The van der Waals surface area contributed by atoms with E-state index in [2.05, 4.69) is 29.6 Å². The van der Waals surface area contributed by atoms with E-state index in [4.69, 9.17) is 13.3 Å². The largest absolute Gasteiger partial charge is 0.504 e. The van der Waals surface area contributed by atoms with Gasteiger partial charge in [-0.3, -0.25) is 0 Å². The van der Waals surface area contributed by atoms with E-state index in [-0.39, 0.29) is 0 Å². The smallest absolute Gasteiger partial charge is 0.388 e. The first-order valence-corrected chi connectivity index (χ1v) is 10.2. The molecule has 1 aromatic carbocycles. The van der Waals surface area contributed by atoms with Gasteiger partial charge in [0.2, 0.25) is 0 Å². The van der Waals surface area contributed by atoms with Crippen LogP contribution in [0.15, 0.2) is 48.7 Å². The normalized spacial score (nSPS) is 12.3. The lowest BCUT2D eigenvalue weighted by atomic mass is 10.2. The SMILES string of the molecule is CCO[Si](CC=CNCC=Cc1ccccc1)(OCC)OCC. The van der Waals surface area contributed by atoms with Crippen molar-refractivity contribution < 1.29 is 13.3 Å². The molecule has 5 heteroatoms. The molecule has 1 aromatic rings. The Morgan fingerprint density at radius 3 is 2.09 bits per heavy atom. The maximum Gasteiger partial charge on any atom is 0.504 e. The van der Waals surface area contributed by atoms with Crippen LogP contribution in [-0.4, -0.2) is 35.2 Å². The molecule has 0 spiro atoms. The zero-order chi connectivity index (χ0) is 16.8. The van der Waals surface area contributed by atoms with Crippen molar-refractivity contribution in [3.8, 4) is 0 Å². The molecule has 0 aliphatic carbocycles. The molecule has 0 unspecified atom stereocenters. The molecule has 128 valence electrons. The van der Waals surface area contributed by atoms with Crippen LogP contribution < -0.4 is 5.32 Å². The first-order valence-electron chi connectivity index (χ1n) is 8.28. The monoisotopic (exact) mass is 335 g/mol. The fourth-order valence-electron chi connectivity index (χ4n) is 2.14. The molecule has 0 atom stereocenters. The average Bonchev–Trinajstić information content (AvgIpc) is 2.56. The summed E-state index contributed by atoms with van der Waals surface area (Å²) in [5.41, 5.74) is 1.20. The van der Waals surface area contributed by atoms with Gasteiger partial charge in [0.15, 0.2) is 0 Å². The van der Waals surface area contributed by atoms with Gasteiger partial charge in [-0.05, 0) is 32.5 Å². The Morgan fingerprint density at radius 1 is 0.913 bits per heavy atom. The van der Waals surface area contributed by atoms with Crippen LogP contribution in [-0.2, 0) is 13.3 Å². The van der Waals surface area contributed by atoms with Crippen LogP contribution in [0.3, 0.4) is 0 Å². The van der Waals surface area contributed by atoms with Gasteiger partial charge >= 0.3 is 8.80 Å². The van der Waals surface area contributed by atoms with Crippen molar-refractivity contribution in [2.45, 2.75) is 26.8 Å². The van der Waals surface area contributed by atoms with Crippen LogP contribution >= 0.6 is 0 Å². The van der Waals surface area contributed by atoms with Crippen molar-refractivity contribution in [1.82, 2.24) is 5.32 Å². The molecule has 1 rings (SSSR count). The minimum absolute atomic E-state index is 0.604. The van der Waals surface area contributed by atoms with Crippen molar-refractivity contribution >= 4 is 14.9 Å². The summed E-state index contributed by atoms with van der Waals surface area (Å²) in [7, 11) is -2.56. The second-order valence-corrected chi connectivity index (χ2v) is 7.45. The second-order valence-electron chi connectivity index (χ2n) is 4.81. The first kappa shape index (κ1) is 19.6. The number of hydrogen-bond acceptors (Lipinski definition) is 4. The average molecular weight is 336 g/mol. The number of rotatable bonds is 12. The Hall–Kier alpha value is -1.40. The molecule has 0 radical (unpaired) electrons. The highest BCUT2D eigenvalue weighted by atomic mass is 28.4. The fraction of sp³-hybridized carbons (Fsp3) is 0.444. The molecule has 0 heterocycles. The minimum atomic E-state index is -2.56. The van der Waals surface area contributed by atoms with Crippen LogP contribution in [0.2, 0.25) is 6.04 Å². The zero-order valence-electron chi connectivity index (χ0n) is 14.5. The van der Waals surface area contributed by atoms with E-state index in [1.165, 1.54) is 5.56 Å². The number of hydrogen-bond donors (Lipinski definition) is 1. The number of nitrogens with one attached hydrogen (secondary N) is 1. The highest BCUT2D eigenvalue weighted by molar-refractivity contribution is 6.61. The minimum Gasteiger partial charge on any atom is -0.388 e. The molecule has 0 aliphatic heterocycles. The lowest BCUT2D eigenvalue weighted by Crippen LogP contribution is -2.45. The van der Waals surface area contributed by atoms with Crippen molar-refractivity contribution in [3.63, 3.8) is 0 Å². The van der Waals surface area contributed by atoms with E-state index in [1.807, 2.05) is 51.2 Å². The van der Waals surface area contributed by atoms with Crippen LogP contribution in [0, 0.1) is 0 Å². The van der Waals surface area contributed by atoms with Gasteiger partial charge in [-0.25, -0.2) is 0 Å². The lowest BCUT2D eigenvalue weighted by Gasteiger charge is -2.27. The predicted molar refractivity (Wildman–Crippen MR) is 98.1 cm³/mol. The summed E-state index contributed by atoms with van der Waals surface area (Å²) in [6.07, 6.45) is 8.16. The fourth-order valence-corrected chi connectivity index (χ4v) is 4.47. The Bertz CT molecular complexity index is 446. The molecule has 0 fully saturated rings. The third-order valence-corrected chi connectivity index (χ3v) is 5.96. The van der Waals surface area contributed by atoms with Crippen LogP contribution in [0.1, 0.15) is 26.3 Å². The van der Waals surface area contributed by atoms with E-state index in [9.17, 15) is 0 Å². The number of allylic oxidation sites excluding steroid dienone is 1. The van der Waals surface area contributed by atoms with Crippen LogP contribution in [0.5, 0.6) is 0 Å². The van der Waals surface area contributed by atoms with Gasteiger partial charge in [0, 0.05) is 32.4 Å². The van der Waals surface area contributed by atoms with Crippen molar-refractivity contribution in [3.05, 3.63) is 54.2 Å². The van der Waals surface area contributed by atoms with Crippen molar-refractivity contribution in [1.29, 1.82) is 0 Å². The van der Waals surface area contributed by atoms with Gasteiger partial charge in [-0.1, -0.05) is 48.6 Å². The van der Waals surface area contributed by atoms with E-state index < -0.39 is 8.80 Å². The molecule has 0 aliphatic rings. The number of benzene rings is 1. The molecule has 0 amide bonds. The Kier molecular flexibility index (Phi) is 10.3. The topological polar surface area (TPSA) is 39.7 Å². The maximum absolute atomic E-state index is 5.80. The lowest BCUT2D eigenvalue weighted by molar-refractivity contribution is 0.0742. The van der Waals surface area contributed by atoms with Crippen LogP contribution in [0.4, 0.5) is 0 Å². The van der Waals surface area contributed by atoms with Crippen molar-refractivity contribution in [2.75, 3.05) is 26.4 Å². The van der Waals surface area contributed by atoms with Gasteiger partial charge in [0.1, 0.15) is 0 Å². The van der Waals surface area contributed by atoms with Crippen molar-refractivity contribution in [2.24, 2.45) is 0 Å². The summed E-state index contributed by atoms with van der Waals surface area (Å²) in [4.78, 5) is 0.